The van der Waals surface area contributed by atoms with E-state index in [0.717, 1.165) is 24.1 Å². The van der Waals surface area contributed by atoms with Crippen molar-refractivity contribution in [3.8, 4) is 21.6 Å². The van der Waals surface area contributed by atoms with Crippen molar-refractivity contribution in [3.05, 3.63) is 78.4 Å². The molecule has 1 amide bonds. The molecule has 0 saturated heterocycles. The Balaban J connectivity index is 1.93. The van der Waals surface area contributed by atoms with Crippen molar-refractivity contribution in [2.45, 2.75) is 26.7 Å². The van der Waals surface area contributed by atoms with Crippen LogP contribution in [0.25, 0.3) is 31.7 Å². The summed E-state index contributed by atoms with van der Waals surface area (Å²) < 4.78 is 1.25. The molecule has 0 aliphatic carbocycles. The molecule has 28 heavy (non-hydrogen) atoms. The number of hydrogen-bond donors (Lipinski definition) is 1. The maximum Gasteiger partial charge on any atom is 0.221 e. The molecule has 0 saturated carbocycles. The topological polar surface area (TPSA) is 29.1 Å². The minimum atomic E-state index is -0.0579. The minimum absolute atomic E-state index is 0.0579. The zero-order valence-corrected chi connectivity index (χ0v) is 17.0. The summed E-state index contributed by atoms with van der Waals surface area (Å²) in [5.41, 5.74) is 5.68. The minimum Gasteiger partial charge on any atom is -0.326 e. The van der Waals surface area contributed by atoms with Gasteiger partial charge in [0.05, 0.1) is 0 Å². The smallest absolute Gasteiger partial charge is 0.221 e. The number of rotatable bonds is 5. The summed E-state index contributed by atoms with van der Waals surface area (Å²) in [5.74, 6) is -0.0579. The van der Waals surface area contributed by atoms with Crippen LogP contribution in [0.15, 0.2) is 72.8 Å². The molecule has 0 radical (unpaired) electrons. The second-order valence-corrected chi connectivity index (χ2v) is 8.03. The highest BCUT2D eigenvalue weighted by Crippen LogP contribution is 2.46. The molecular formula is C25H23NOS. The van der Waals surface area contributed by atoms with Gasteiger partial charge in [-0.05, 0) is 29.7 Å². The summed E-state index contributed by atoms with van der Waals surface area (Å²) in [6, 6.07) is 25.4. The molecular weight excluding hydrogens is 362 g/mol. The zero-order valence-electron chi connectivity index (χ0n) is 16.2. The van der Waals surface area contributed by atoms with Crippen LogP contribution in [0.1, 0.15) is 25.8 Å². The zero-order chi connectivity index (χ0) is 19.5. The fourth-order valence-electron chi connectivity index (χ4n) is 3.63. The van der Waals surface area contributed by atoms with E-state index in [9.17, 15) is 4.79 Å². The number of thiophene rings is 1. The van der Waals surface area contributed by atoms with Crippen molar-refractivity contribution in [2.75, 3.05) is 5.32 Å². The van der Waals surface area contributed by atoms with Crippen molar-refractivity contribution in [2.24, 2.45) is 0 Å². The predicted octanol–water partition coefficient (Wildman–Crippen LogP) is 7.15. The molecule has 0 fully saturated rings. The van der Waals surface area contributed by atoms with Gasteiger partial charge in [-0.3, -0.25) is 4.79 Å². The van der Waals surface area contributed by atoms with Gasteiger partial charge in [-0.1, -0.05) is 74.0 Å². The monoisotopic (exact) mass is 385 g/mol. The van der Waals surface area contributed by atoms with Gasteiger partial charge in [-0.2, -0.15) is 0 Å². The molecule has 2 nitrogen and oxygen atoms in total. The van der Waals surface area contributed by atoms with Crippen molar-refractivity contribution in [3.63, 3.8) is 0 Å². The Morgan fingerprint density at radius 3 is 2.39 bits per heavy atom. The largest absolute Gasteiger partial charge is 0.326 e. The van der Waals surface area contributed by atoms with Gasteiger partial charge in [0.1, 0.15) is 0 Å². The van der Waals surface area contributed by atoms with Crippen LogP contribution in [0.2, 0.25) is 0 Å². The number of amides is 1. The number of aryl methyl sites for hydroxylation is 1. The van der Waals surface area contributed by atoms with Crippen molar-refractivity contribution in [1.29, 1.82) is 0 Å². The molecule has 1 heterocycles. The number of nitrogens with one attached hydrogen (secondary N) is 1. The highest BCUT2D eigenvalue weighted by molar-refractivity contribution is 7.23. The first kappa shape index (κ1) is 18.5. The summed E-state index contributed by atoms with van der Waals surface area (Å²) in [7, 11) is 0. The Bertz CT molecular complexity index is 1120. The number of fused-ring (bicyclic) bond motifs is 1. The van der Waals surface area contributed by atoms with Crippen LogP contribution in [0.5, 0.6) is 0 Å². The van der Waals surface area contributed by atoms with Gasteiger partial charge in [0, 0.05) is 38.7 Å². The van der Waals surface area contributed by atoms with E-state index in [1.807, 2.05) is 18.2 Å². The number of carbonyl (C=O) groups is 1. The fourth-order valence-corrected chi connectivity index (χ4v) is 4.85. The standard InChI is InChI=1S/C25H23NOS/c1-3-8-18-13-15-19(16-14-18)25-24(21-10-5-7-12-23(21)28-25)20-9-4-6-11-22(20)26-17(2)27/h4-7,9-16H,3,8H2,1-2H3,(H,26,27). The SMILES string of the molecule is CCCc1ccc(-c2sc3ccccc3c2-c2ccccc2NC(C)=O)cc1. The van der Waals surface area contributed by atoms with E-state index >= 15 is 0 Å². The Morgan fingerprint density at radius 1 is 0.929 bits per heavy atom. The summed E-state index contributed by atoms with van der Waals surface area (Å²) in [6.07, 6.45) is 2.25. The number of benzene rings is 3. The van der Waals surface area contributed by atoms with E-state index in [2.05, 4.69) is 66.8 Å². The number of para-hydroxylation sites is 1. The lowest BCUT2D eigenvalue weighted by atomic mass is 9.96. The predicted molar refractivity (Wildman–Crippen MR) is 121 cm³/mol. The second kappa shape index (κ2) is 7.99. The molecule has 4 aromatic rings. The average Bonchev–Trinajstić information content (AvgIpc) is 3.08. The van der Waals surface area contributed by atoms with Crippen LogP contribution in [-0.2, 0) is 11.2 Å². The first-order valence-electron chi connectivity index (χ1n) is 9.65. The van der Waals surface area contributed by atoms with Crippen LogP contribution in [0.3, 0.4) is 0 Å². The average molecular weight is 386 g/mol. The number of carbonyl (C=O) groups excluding carboxylic acids is 1. The third-order valence-corrected chi connectivity index (χ3v) is 6.08. The fraction of sp³-hybridized carbons (Fsp3) is 0.160. The maximum absolute atomic E-state index is 11.7. The molecule has 4 rings (SSSR count). The third kappa shape index (κ3) is 3.58. The first-order chi connectivity index (χ1) is 13.7. The highest BCUT2D eigenvalue weighted by atomic mass is 32.1. The summed E-state index contributed by atoms with van der Waals surface area (Å²) in [4.78, 5) is 13.0. The Hall–Kier alpha value is -2.91. The van der Waals surface area contributed by atoms with Gasteiger partial charge in [-0.25, -0.2) is 0 Å². The van der Waals surface area contributed by atoms with Gasteiger partial charge in [0.15, 0.2) is 0 Å². The van der Waals surface area contributed by atoms with E-state index in [1.165, 1.54) is 31.7 Å². The lowest BCUT2D eigenvalue weighted by molar-refractivity contribution is -0.114. The van der Waals surface area contributed by atoms with E-state index in [-0.39, 0.29) is 5.91 Å². The summed E-state index contributed by atoms with van der Waals surface area (Å²) >= 11 is 1.81. The van der Waals surface area contributed by atoms with Gasteiger partial charge >= 0.3 is 0 Å². The van der Waals surface area contributed by atoms with Crippen LogP contribution >= 0.6 is 11.3 Å². The second-order valence-electron chi connectivity index (χ2n) is 6.98. The molecule has 0 spiro atoms. The lowest BCUT2D eigenvalue weighted by Crippen LogP contribution is -2.06. The van der Waals surface area contributed by atoms with Crippen LogP contribution in [0, 0.1) is 0 Å². The van der Waals surface area contributed by atoms with Gasteiger partial charge in [-0.15, -0.1) is 11.3 Å². The molecule has 0 aliphatic heterocycles. The molecule has 140 valence electrons. The number of hydrogen-bond acceptors (Lipinski definition) is 2. The van der Waals surface area contributed by atoms with Gasteiger partial charge in [0.25, 0.3) is 0 Å². The van der Waals surface area contributed by atoms with E-state index in [1.54, 1.807) is 18.3 Å². The Kier molecular flexibility index (Phi) is 5.27. The van der Waals surface area contributed by atoms with Crippen molar-refractivity contribution >= 4 is 33.0 Å². The van der Waals surface area contributed by atoms with E-state index in [4.69, 9.17) is 0 Å². The van der Waals surface area contributed by atoms with E-state index < -0.39 is 0 Å². The highest BCUT2D eigenvalue weighted by Gasteiger charge is 2.18. The molecule has 3 heteroatoms. The van der Waals surface area contributed by atoms with Gasteiger partial charge < -0.3 is 5.32 Å². The Morgan fingerprint density at radius 2 is 1.64 bits per heavy atom. The normalized spacial score (nSPS) is 10.9. The van der Waals surface area contributed by atoms with Crippen LogP contribution in [0.4, 0.5) is 5.69 Å². The first-order valence-corrected chi connectivity index (χ1v) is 10.5. The summed E-state index contributed by atoms with van der Waals surface area (Å²) in [6.45, 7) is 3.76. The molecule has 1 N–H and O–H groups in total. The van der Waals surface area contributed by atoms with Crippen molar-refractivity contribution < 1.29 is 4.79 Å². The molecule has 0 unspecified atom stereocenters. The third-order valence-electron chi connectivity index (χ3n) is 4.86. The molecule has 3 aromatic carbocycles. The van der Waals surface area contributed by atoms with Crippen LogP contribution in [-0.4, -0.2) is 5.91 Å². The lowest BCUT2D eigenvalue weighted by Gasteiger charge is -2.12. The Labute approximate surface area is 169 Å². The summed E-state index contributed by atoms with van der Waals surface area (Å²) in [5, 5.41) is 4.22. The van der Waals surface area contributed by atoms with E-state index in [0.29, 0.717) is 0 Å². The quantitative estimate of drug-likeness (QED) is 0.388. The van der Waals surface area contributed by atoms with Crippen LogP contribution < -0.4 is 5.32 Å². The van der Waals surface area contributed by atoms with Gasteiger partial charge in [0.2, 0.25) is 5.91 Å². The molecule has 0 bridgehead atoms. The van der Waals surface area contributed by atoms with Crippen molar-refractivity contribution in [1.82, 2.24) is 0 Å². The molecule has 1 aromatic heterocycles. The molecule has 0 atom stereocenters. The maximum atomic E-state index is 11.7. The molecule has 0 aliphatic rings. The number of anilines is 1.